The summed E-state index contributed by atoms with van der Waals surface area (Å²) < 4.78 is 16.4. The lowest BCUT2D eigenvalue weighted by molar-refractivity contribution is -0.129. The van der Waals surface area contributed by atoms with Crippen molar-refractivity contribution in [1.82, 2.24) is 0 Å². The zero-order chi connectivity index (χ0) is 20.1. The Balaban J connectivity index is 1.84. The first-order chi connectivity index (χ1) is 13.5. The second kappa shape index (κ2) is 9.13. The number of unbranched alkanes of at least 4 members (excludes halogenated alkanes) is 1. The van der Waals surface area contributed by atoms with Gasteiger partial charge in [0.25, 0.3) is 0 Å². The Morgan fingerprint density at radius 2 is 1.93 bits per heavy atom. The molecular formula is C21H19Cl2NO4. The molecule has 0 N–H and O–H groups in total. The molecule has 1 aliphatic heterocycles. The first-order valence-corrected chi connectivity index (χ1v) is 9.56. The minimum atomic E-state index is -0.539. The van der Waals surface area contributed by atoms with Crippen LogP contribution in [0.15, 0.2) is 47.1 Å². The normalized spacial score (nSPS) is 14.8. The third-order valence-electron chi connectivity index (χ3n) is 4.03. The first-order valence-electron chi connectivity index (χ1n) is 8.80. The Kier molecular flexibility index (Phi) is 6.60. The number of benzene rings is 2. The number of hydrogen-bond donors (Lipinski definition) is 0. The second-order valence-corrected chi connectivity index (χ2v) is 6.89. The van der Waals surface area contributed by atoms with E-state index in [9.17, 15) is 4.79 Å². The van der Waals surface area contributed by atoms with Crippen LogP contribution in [0.25, 0.3) is 6.08 Å². The summed E-state index contributed by atoms with van der Waals surface area (Å²) in [7, 11) is 1.57. The summed E-state index contributed by atoms with van der Waals surface area (Å²) >= 11 is 11.9. The lowest BCUT2D eigenvalue weighted by atomic mass is 10.1. The zero-order valence-corrected chi connectivity index (χ0v) is 17.0. The number of halogens is 2. The van der Waals surface area contributed by atoms with Crippen molar-refractivity contribution >= 4 is 41.1 Å². The van der Waals surface area contributed by atoms with Gasteiger partial charge in [-0.3, -0.25) is 0 Å². The Labute approximate surface area is 173 Å². The molecule has 3 rings (SSSR count). The smallest absolute Gasteiger partial charge is 0.363 e. The van der Waals surface area contributed by atoms with Crippen LogP contribution in [0.3, 0.4) is 0 Å². The van der Waals surface area contributed by atoms with E-state index in [1.54, 1.807) is 37.5 Å². The number of carbonyl (C=O) groups is 1. The molecule has 0 aromatic heterocycles. The number of cyclic esters (lactones) is 1. The number of methoxy groups -OCH3 is 1. The molecule has 0 unspecified atom stereocenters. The third-order valence-corrected chi connectivity index (χ3v) is 4.77. The van der Waals surface area contributed by atoms with Gasteiger partial charge in [-0.15, -0.1) is 0 Å². The molecule has 7 heteroatoms. The van der Waals surface area contributed by atoms with Gasteiger partial charge < -0.3 is 14.2 Å². The van der Waals surface area contributed by atoms with Crippen molar-refractivity contribution < 1.29 is 19.0 Å². The van der Waals surface area contributed by atoms with Crippen LogP contribution in [0, 0.1) is 0 Å². The maximum atomic E-state index is 12.2. The SMILES string of the molecule is CCCCOc1ccc(/C=C2\N=C(c3ccc(Cl)c(Cl)c3)OC2=O)cc1OC. The molecule has 0 radical (unpaired) electrons. The van der Waals surface area contributed by atoms with E-state index in [0.717, 1.165) is 18.4 Å². The van der Waals surface area contributed by atoms with E-state index < -0.39 is 5.97 Å². The van der Waals surface area contributed by atoms with Crippen molar-refractivity contribution in [2.24, 2.45) is 4.99 Å². The van der Waals surface area contributed by atoms with E-state index >= 15 is 0 Å². The average molecular weight is 420 g/mol. The zero-order valence-electron chi connectivity index (χ0n) is 15.5. The van der Waals surface area contributed by atoms with Crippen LogP contribution in [-0.2, 0) is 9.53 Å². The van der Waals surface area contributed by atoms with Crippen molar-refractivity contribution in [2.75, 3.05) is 13.7 Å². The maximum absolute atomic E-state index is 12.2. The van der Waals surface area contributed by atoms with Gasteiger partial charge in [-0.25, -0.2) is 9.79 Å². The summed E-state index contributed by atoms with van der Waals surface area (Å²) in [4.78, 5) is 16.5. The Hall–Kier alpha value is -2.50. The number of carbonyl (C=O) groups excluding carboxylic acids is 1. The van der Waals surface area contributed by atoms with Crippen LogP contribution in [-0.4, -0.2) is 25.6 Å². The molecule has 0 atom stereocenters. The molecule has 0 amide bonds. The number of nitrogens with zero attached hydrogens (tertiary/aromatic N) is 1. The predicted octanol–water partition coefficient (Wildman–Crippen LogP) is 5.53. The van der Waals surface area contributed by atoms with Gasteiger partial charge in [-0.05, 0) is 48.4 Å². The summed E-state index contributed by atoms with van der Waals surface area (Å²) in [6.45, 7) is 2.72. The molecule has 1 heterocycles. The molecule has 0 aliphatic carbocycles. The highest BCUT2D eigenvalue weighted by atomic mass is 35.5. The number of hydrogen-bond acceptors (Lipinski definition) is 5. The third kappa shape index (κ3) is 4.66. The van der Waals surface area contributed by atoms with Gasteiger partial charge >= 0.3 is 5.97 Å². The van der Waals surface area contributed by atoms with E-state index in [2.05, 4.69) is 11.9 Å². The molecule has 0 saturated carbocycles. The minimum Gasteiger partial charge on any atom is -0.493 e. The number of ether oxygens (including phenoxy) is 3. The molecule has 2 aromatic rings. The Bertz CT molecular complexity index is 953. The van der Waals surface area contributed by atoms with Crippen LogP contribution in [0.2, 0.25) is 10.0 Å². The predicted molar refractivity (Wildman–Crippen MR) is 110 cm³/mol. The summed E-state index contributed by atoms with van der Waals surface area (Å²) in [5, 5.41) is 0.776. The van der Waals surface area contributed by atoms with Gasteiger partial charge in [0.05, 0.1) is 23.8 Å². The molecule has 0 fully saturated rings. The van der Waals surface area contributed by atoms with Crippen molar-refractivity contribution in [2.45, 2.75) is 19.8 Å². The van der Waals surface area contributed by atoms with Crippen molar-refractivity contribution in [3.05, 3.63) is 63.3 Å². The van der Waals surface area contributed by atoms with Gasteiger partial charge in [0.1, 0.15) is 0 Å². The van der Waals surface area contributed by atoms with E-state index in [-0.39, 0.29) is 11.6 Å². The fourth-order valence-corrected chi connectivity index (χ4v) is 2.84. The van der Waals surface area contributed by atoms with Crippen LogP contribution < -0.4 is 9.47 Å². The minimum absolute atomic E-state index is 0.182. The van der Waals surface area contributed by atoms with Crippen LogP contribution in [0.4, 0.5) is 0 Å². The highest BCUT2D eigenvalue weighted by Crippen LogP contribution is 2.30. The first kappa shape index (κ1) is 20.2. The summed E-state index contributed by atoms with van der Waals surface area (Å²) in [6, 6.07) is 10.3. The summed E-state index contributed by atoms with van der Waals surface area (Å²) in [5.74, 6) is 0.891. The number of aliphatic imine (C=N–C) groups is 1. The molecule has 1 aliphatic rings. The highest BCUT2D eigenvalue weighted by molar-refractivity contribution is 6.42. The van der Waals surface area contributed by atoms with E-state index in [1.807, 2.05) is 12.1 Å². The molecule has 146 valence electrons. The van der Waals surface area contributed by atoms with Crippen LogP contribution in [0.1, 0.15) is 30.9 Å². The molecule has 0 spiro atoms. The fourth-order valence-electron chi connectivity index (χ4n) is 2.54. The molecular weight excluding hydrogens is 401 g/mol. The largest absolute Gasteiger partial charge is 0.493 e. The van der Waals surface area contributed by atoms with Gasteiger partial charge in [0.2, 0.25) is 5.90 Å². The van der Waals surface area contributed by atoms with Gasteiger partial charge in [-0.2, -0.15) is 0 Å². The second-order valence-electron chi connectivity index (χ2n) is 6.08. The maximum Gasteiger partial charge on any atom is 0.363 e. The number of rotatable bonds is 7. The van der Waals surface area contributed by atoms with Gasteiger partial charge in [0.15, 0.2) is 17.2 Å². The van der Waals surface area contributed by atoms with E-state index in [1.165, 1.54) is 0 Å². The quantitative estimate of drug-likeness (QED) is 0.336. The van der Waals surface area contributed by atoms with Gasteiger partial charge in [0, 0.05) is 5.56 Å². The van der Waals surface area contributed by atoms with E-state index in [0.29, 0.717) is 33.7 Å². The topological polar surface area (TPSA) is 57.1 Å². The van der Waals surface area contributed by atoms with E-state index in [4.69, 9.17) is 37.4 Å². The molecule has 0 bridgehead atoms. The van der Waals surface area contributed by atoms with Crippen LogP contribution >= 0.6 is 23.2 Å². The van der Waals surface area contributed by atoms with Crippen LogP contribution in [0.5, 0.6) is 11.5 Å². The molecule has 5 nitrogen and oxygen atoms in total. The monoisotopic (exact) mass is 419 g/mol. The molecule has 28 heavy (non-hydrogen) atoms. The highest BCUT2D eigenvalue weighted by Gasteiger charge is 2.24. The Morgan fingerprint density at radius 3 is 2.64 bits per heavy atom. The lowest BCUT2D eigenvalue weighted by Gasteiger charge is -2.10. The molecule has 0 saturated heterocycles. The molecule has 2 aromatic carbocycles. The summed E-state index contributed by atoms with van der Waals surface area (Å²) in [5.41, 5.74) is 1.50. The summed E-state index contributed by atoms with van der Waals surface area (Å²) in [6.07, 6.45) is 3.64. The fraction of sp³-hybridized carbons (Fsp3) is 0.238. The van der Waals surface area contributed by atoms with Crippen molar-refractivity contribution in [3.63, 3.8) is 0 Å². The van der Waals surface area contributed by atoms with Crippen molar-refractivity contribution in [1.29, 1.82) is 0 Å². The van der Waals surface area contributed by atoms with Crippen molar-refractivity contribution in [3.8, 4) is 11.5 Å². The standard InChI is InChI=1S/C21H19Cl2NO4/c1-3-4-9-27-18-8-5-13(11-19(18)26-2)10-17-21(25)28-20(24-17)14-6-7-15(22)16(23)12-14/h5-8,10-12H,3-4,9H2,1-2H3/b17-10-. The number of esters is 1. The Morgan fingerprint density at radius 1 is 1.11 bits per heavy atom. The average Bonchev–Trinajstić information content (AvgIpc) is 3.05. The van der Waals surface area contributed by atoms with Gasteiger partial charge in [-0.1, -0.05) is 42.6 Å². The lowest BCUT2D eigenvalue weighted by Crippen LogP contribution is -2.05.